The van der Waals surface area contributed by atoms with Crippen molar-refractivity contribution in [3.05, 3.63) is 28.0 Å². The number of nitrogens with two attached hydrogens (primary N) is 1. The number of rotatable bonds is 6. The number of nitrogens with zero attached hydrogens (tertiary/aromatic N) is 3. The summed E-state index contributed by atoms with van der Waals surface area (Å²) in [7, 11) is 0. The average Bonchev–Trinajstić information content (AvgIpc) is 2.95. The molecule has 4 N–H and O–H groups in total. The van der Waals surface area contributed by atoms with E-state index in [0.29, 0.717) is 5.82 Å². The minimum absolute atomic E-state index is 0.0910. The van der Waals surface area contributed by atoms with Gasteiger partial charge in [0.1, 0.15) is 23.0 Å². The van der Waals surface area contributed by atoms with Crippen LogP contribution in [0.2, 0.25) is 0 Å². The van der Waals surface area contributed by atoms with E-state index in [-0.39, 0.29) is 12.0 Å². The predicted octanol–water partition coefficient (Wildman–Crippen LogP) is 3.08. The molecule has 0 aliphatic heterocycles. The summed E-state index contributed by atoms with van der Waals surface area (Å²) in [4.78, 5) is 14.3. The molecule has 0 spiro atoms. The molecule has 7 heteroatoms. The van der Waals surface area contributed by atoms with Crippen LogP contribution in [-0.2, 0) is 6.42 Å². The van der Waals surface area contributed by atoms with Crippen LogP contribution in [0.15, 0.2) is 12.5 Å². The predicted molar refractivity (Wildman–Crippen MR) is 87.5 cm³/mol. The Kier molecular flexibility index (Phi) is 5.08. The molecule has 2 heterocycles. The monoisotopic (exact) mass is 306 g/mol. The van der Waals surface area contributed by atoms with Crippen LogP contribution in [0.4, 0.5) is 11.6 Å². The first-order chi connectivity index (χ1) is 10.1. The largest absolute Gasteiger partial charge is 0.361 e. The fourth-order valence-corrected chi connectivity index (χ4v) is 2.99. The maximum absolute atomic E-state index is 5.54. The zero-order chi connectivity index (χ0) is 15.4. The molecular formula is C14H22N6S. The lowest BCUT2D eigenvalue weighted by molar-refractivity contribution is 0.815. The molecule has 6 nitrogen and oxygen atoms in total. The summed E-state index contributed by atoms with van der Waals surface area (Å²) in [6.45, 7) is 8.40. The Morgan fingerprint density at radius 3 is 2.48 bits per heavy atom. The van der Waals surface area contributed by atoms with Gasteiger partial charge in [0.2, 0.25) is 0 Å². The van der Waals surface area contributed by atoms with Crippen LogP contribution in [0.1, 0.15) is 55.1 Å². The molecule has 0 saturated heterocycles. The second-order valence-corrected chi connectivity index (χ2v) is 6.31. The van der Waals surface area contributed by atoms with Gasteiger partial charge in [-0.05, 0) is 19.3 Å². The Labute approximate surface area is 129 Å². The van der Waals surface area contributed by atoms with Gasteiger partial charge in [0, 0.05) is 16.6 Å². The van der Waals surface area contributed by atoms with Gasteiger partial charge in [0.25, 0.3) is 0 Å². The minimum Gasteiger partial charge on any atom is -0.361 e. The van der Waals surface area contributed by atoms with E-state index in [1.165, 1.54) is 11.2 Å². The van der Waals surface area contributed by atoms with E-state index in [2.05, 4.69) is 53.4 Å². The van der Waals surface area contributed by atoms with E-state index in [1.54, 1.807) is 11.3 Å². The van der Waals surface area contributed by atoms with E-state index in [9.17, 15) is 0 Å². The second-order valence-electron chi connectivity index (χ2n) is 5.17. The van der Waals surface area contributed by atoms with Crippen molar-refractivity contribution >= 4 is 23.0 Å². The summed E-state index contributed by atoms with van der Waals surface area (Å²) in [5.41, 5.74) is 3.62. The first-order valence-corrected chi connectivity index (χ1v) is 7.91. The zero-order valence-corrected chi connectivity index (χ0v) is 13.7. The van der Waals surface area contributed by atoms with Gasteiger partial charge in [-0.3, -0.25) is 0 Å². The summed E-state index contributed by atoms with van der Waals surface area (Å²) in [6.07, 6.45) is 4.46. The van der Waals surface area contributed by atoms with E-state index < -0.39 is 0 Å². The van der Waals surface area contributed by atoms with Crippen molar-refractivity contribution in [2.24, 2.45) is 5.84 Å². The lowest BCUT2D eigenvalue weighted by atomic mass is 10.0. The van der Waals surface area contributed by atoms with Gasteiger partial charge in [-0.25, -0.2) is 20.8 Å². The maximum Gasteiger partial charge on any atom is 0.148 e. The van der Waals surface area contributed by atoms with Crippen molar-refractivity contribution in [3.8, 4) is 0 Å². The minimum atomic E-state index is 0.0910. The van der Waals surface area contributed by atoms with Crippen LogP contribution >= 0.6 is 11.3 Å². The van der Waals surface area contributed by atoms with E-state index in [1.807, 2.05) is 6.20 Å². The van der Waals surface area contributed by atoms with Gasteiger partial charge in [-0.15, -0.1) is 11.3 Å². The van der Waals surface area contributed by atoms with Crippen LogP contribution in [0.3, 0.4) is 0 Å². The standard InChI is InChI=1S/C14H22N6S/c1-5-10-6-16-14(21-10)9(4)19-12-11(8(2)3)13(20-15)18-7-17-12/h6-9H,5,15H2,1-4H3,(H2,17,18,19,20). The molecule has 0 radical (unpaired) electrons. The quantitative estimate of drug-likeness (QED) is 0.561. The normalized spacial score (nSPS) is 12.5. The van der Waals surface area contributed by atoms with Gasteiger partial charge in [-0.2, -0.15) is 0 Å². The molecule has 21 heavy (non-hydrogen) atoms. The first kappa shape index (κ1) is 15.7. The topological polar surface area (TPSA) is 88.8 Å². The number of nitrogen functional groups attached to an aromatic ring is 1. The Bertz CT molecular complexity index is 595. The average molecular weight is 306 g/mol. The van der Waals surface area contributed by atoms with Crippen LogP contribution in [0, 0.1) is 0 Å². The summed E-state index contributed by atoms with van der Waals surface area (Å²) in [6, 6.07) is 0.0910. The van der Waals surface area contributed by atoms with Crippen molar-refractivity contribution in [1.29, 1.82) is 0 Å². The van der Waals surface area contributed by atoms with Gasteiger partial charge in [0.05, 0.1) is 6.04 Å². The summed E-state index contributed by atoms with van der Waals surface area (Å²) in [5, 5.41) is 4.48. The van der Waals surface area contributed by atoms with Gasteiger partial charge in [0.15, 0.2) is 0 Å². The highest BCUT2D eigenvalue weighted by molar-refractivity contribution is 7.11. The molecule has 1 atom stereocenters. The number of hydrazine groups is 1. The van der Waals surface area contributed by atoms with E-state index in [0.717, 1.165) is 22.8 Å². The number of aryl methyl sites for hydroxylation is 1. The third-order valence-electron chi connectivity index (χ3n) is 3.24. The molecular weight excluding hydrogens is 284 g/mol. The Hall–Kier alpha value is -1.73. The third-order valence-corrected chi connectivity index (χ3v) is 4.57. The van der Waals surface area contributed by atoms with Crippen LogP contribution in [0.5, 0.6) is 0 Å². The number of hydrogen-bond donors (Lipinski definition) is 3. The molecule has 0 fully saturated rings. The SMILES string of the molecule is CCc1cnc(C(C)Nc2ncnc(NN)c2C(C)C)s1. The molecule has 2 aromatic rings. The molecule has 2 aromatic heterocycles. The van der Waals surface area contributed by atoms with Crippen LogP contribution < -0.4 is 16.6 Å². The lowest BCUT2D eigenvalue weighted by Gasteiger charge is -2.19. The number of nitrogens with one attached hydrogen (secondary N) is 2. The van der Waals surface area contributed by atoms with E-state index >= 15 is 0 Å². The highest BCUT2D eigenvalue weighted by Gasteiger charge is 2.17. The van der Waals surface area contributed by atoms with Crippen LogP contribution in [0.25, 0.3) is 0 Å². The molecule has 0 bridgehead atoms. The Morgan fingerprint density at radius 1 is 1.19 bits per heavy atom. The maximum atomic E-state index is 5.54. The van der Waals surface area contributed by atoms with Crippen molar-refractivity contribution in [3.63, 3.8) is 0 Å². The van der Waals surface area contributed by atoms with Crippen LogP contribution in [-0.4, -0.2) is 15.0 Å². The highest BCUT2D eigenvalue weighted by atomic mass is 32.1. The van der Waals surface area contributed by atoms with Gasteiger partial charge >= 0.3 is 0 Å². The summed E-state index contributed by atoms with van der Waals surface area (Å²) < 4.78 is 0. The van der Waals surface area contributed by atoms with Crippen molar-refractivity contribution in [1.82, 2.24) is 15.0 Å². The molecule has 0 saturated carbocycles. The molecule has 0 aliphatic rings. The molecule has 1 unspecified atom stereocenters. The molecule has 2 rings (SSSR count). The summed E-state index contributed by atoms with van der Waals surface area (Å²) in [5.74, 6) is 7.26. The first-order valence-electron chi connectivity index (χ1n) is 7.09. The number of hydrogen-bond acceptors (Lipinski definition) is 7. The molecule has 0 aliphatic carbocycles. The Morgan fingerprint density at radius 2 is 1.90 bits per heavy atom. The van der Waals surface area contributed by atoms with Crippen molar-refractivity contribution < 1.29 is 0 Å². The number of thiazole rings is 1. The molecule has 114 valence electrons. The Balaban J connectivity index is 2.26. The van der Waals surface area contributed by atoms with Gasteiger partial charge in [-0.1, -0.05) is 20.8 Å². The zero-order valence-electron chi connectivity index (χ0n) is 12.8. The fraction of sp³-hybridized carbons (Fsp3) is 0.500. The second kappa shape index (κ2) is 6.82. The van der Waals surface area contributed by atoms with Gasteiger partial charge < -0.3 is 10.7 Å². The molecule has 0 aromatic carbocycles. The number of aromatic nitrogens is 3. The highest BCUT2D eigenvalue weighted by Crippen LogP contribution is 2.31. The van der Waals surface area contributed by atoms with Crippen molar-refractivity contribution in [2.45, 2.75) is 46.1 Å². The lowest BCUT2D eigenvalue weighted by Crippen LogP contribution is -2.16. The summed E-state index contributed by atoms with van der Waals surface area (Å²) >= 11 is 1.73. The smallest absolute Gasteiger partial charge is 0.148 e. The fourth-order valence-electron chi connectivity index (χ4n) is 2.13. The van der Waals surface area contributed by atoms with E-state index in [4.69, 9.17) is 5.84 Å². The third kappa shape index (κ3) is 3.48. The van der Waals surface area contributed by atoms with Crippen molar-refractivity contribution in [2.75, 3.05) is 10.7 Å². The number of anilines is 2. The molecule has 0 amide bonds.